The summed E-state index contributed by atoms with van der Waals surface area (Å²) in [4.78, 5) is 30.3. The standard InChI is InChI=1S/C15H24N4O2S.2ClH/c1-15(2,3)13(21)18-14-17-11(9-22-14)7-12(20)19-6-4-5-10(16)8-19;;/h9-10H,4-8,16H2,1-3H3,(H,17,18,21);2*1H. The van der Waals surface area contributed by atoms with E-state index in [1.165, 1.54) is 11.3 Å². The first-order valence-corrected chi connectivity index (χ1v) is 8.43. The number of thiazole rings is 1. The minimum Gasteiger partial charge on any atom is -0.341 e. The first-order chi connectivity index (χ1) is 10.3. The lowest BCUT2D eigenvalue weighted by atomic mass is 9.96. The molecule has 3 N–H and O–H groups in total. The molecule has 6 nitrogen and oxygen atoms in total. The summed E-state index contributed by atoms with van der Waals surface area (Å²) < 4.78 is 0. The summed E-state index contributed by atoms with van der Waals surface area (Å²) in [6.07, 6.45) is 2.19. The zero-order valence-corrected chi connectivity index (χ0v) is 16.7. The highest BCUT2D eigenvalue weighted by Crippen LogP contribution is 2.21. The van der Waals surface area contributed by atoms with Crippen LogP contribution >= 0.6 is 36.2 Å². The van der Waals surface area contributed by atoms with Crippen molar-refractivity contribution < 1.29 is 9.59 Å². The third-order valence-corrected chi connectivity index (χ3v) is 4.40. The van der Waals surface area contributed by atoms with E-state index in [1.54, 1.807) is 4.90 Å². The molecule has 1 fully saturated rings. The van der Waals surface area contributed by atoms with Crippen LogP contribution in [0, 0.1) is 5.41 Å². The van der Waals surface area contributed by atoms with Crippen molar-refractivity contribution >= 4 is 53.1 Å². The molecule has 0 radical (unpaired) electrons. The van der Waals surface area contributed by atoms with Crippen LogP contribution < -0.4 is 11.1 Å². The number of nitrogens with zero attached hydrogens (tertiary/aromatic N) is 2. The van der Waals surface area contributed by atoms with E-state index in [1.807, 2.05) is 26.2 Å². The van der Waals surface area contributed by atoms with Crippen LogP contribution in [0.3, 0.4) is 0 Å². The number of piperidine rings is 1. The summed E-state index contributed by atoms with van der Waals surface area (Å²) in [5, 5.41) is 5.15. The molecule has 0 saturated carbocycles. The lowest BCUT2D eigenvalue weighted by Gasteiger charge is -2.30. The number of aromatic nitrogens is 1. The van der Waals surface area contributed by atoms with E-state index in [0.717, 1.165) is 19.4 Å². The number of carbonyl (C=O) groups is 2. The predicted molar refractivity (Wildman–Crippen MR) is 102 cm³/mol. The van der Waals surface area contributed by atoms with E-state index in [-0.39, 0.29) is 49.1 Å². The molecule has 1 aromatic rings. The lowest BCUT2D eigenvalue weighted by Crippen LogP contribution is -2.46. The van der Waals surface area contributed by atoms with Crippen molar-refractivity contribution in [2.24, 2.45) is 11.1 Å². The van der Waals surface area contributed by atoms with Gasteiger partial charge in [-0.15, -0.1) is 36.2 Å². The van der Waals surface area contributed by atoms with Crippen LogP contribution in [-0.4, -0.2) is 40.8 Å². The number of carbonyl (C=O) groups excluding carboxylic acids is 2. The second-order valence-electron chi connectivity index (χ2n) is 6.77. The third kappa shape index (κ3) is 6.55. The van der Waals surface area contributed by atoms with Crippen LogP contribution in [0.25, 0.3) is 0 Å². The maximum Gasteiger partial charge on any atom is 0.231 e. The van der Waals surface area contributed by atoms with E-state index in [2.05, 4.69) is 10.3 Å². The molecule has 2 heterocycles. The number of hydrogen-bond donors (Lipinski definition) is 2. The molecule has 0 aliphatic carbocycles. The SMILES string of the molecule is CC(C)(C)C(=O)Nc1nc(CC(=O)N2CCCC(N)C2)cs1.Cl.Cl. The van der Waals surface area contributed by atoms with Crippen LogP contribution in [0.5, 0.6) is 0 Å². The fourth-order valence-electron chi connectivity index (χ4n) is 2.23. The van der Waals surface area contributed by atoms with E-state index < -0.39 is 5.41 Å². The molecule has 0 spiro atoms. The third-order valence-electron chi connectivity index (χ3n) is 3.60. The van der Waals surface area contributed by atoms with Gasteiger partial charge in [-0.05, 0) is 12.8 Å². The Morgan fingerprint density at radius 3 is 2.67 bits per heavy atom. The van der Waals surface area contributed by atoms with Gasteiger partial charge in [-0.25, -0.2) is 4.98 Å². The van der Waals surface area contributed by atoms with Gasteiger partial charge in [0.05, 0.1) is 12.1 Å². The monoisotopic (exact) mass is 396 g/mol. The highest BCUT2D eigenvalue weighted by atomic mass is 35.5. The molecule has 1 unspecified atom stereocenters. The predicted octanol–water partition coefficient (Wildman–Crippen LogP) is 2.46. The topological polar surface area (TPSA) is 88.3 Å². The second-order valence-corrected chi connectivity index (χ2v) is 7.63. The van der Waals surface area contributed by atoms with Gasteiger partial charge >= 0.3 is 0 Å². The largest absolute Gasteiger partial charge is 0.341 e. The number of amides is 2. The number of nitrogens with two attached hydrogens (primary N) is 1. The van der Waals surface area contributed by atoms with Crippen LogP contribution in [0.1, 0.15) is 39.3 Å². The van der Waals surface area contributed by atoms with Gasteiger partial charge in [-0.1, -0.05) is 20.8 Å². The lowest BCUT2D eigenvalue weighted by molar-refractivity contribution is -0.131. The Kier molecular flexibility index (Phi) is 9.20. The average molecular weight is 397 g/mol. The van der Waals surface area contributed by atoms with E-state index >= 15 is 0 Å². The van der Waals surface area contributed by atoms with E-state index in [0.29, 0.717) is 17.4 Å². The Balaban J connectivity index is 0.00000264. The summed E-state index contributed by atoms with van der Waals surface area (Å²) >= 11 is 1.34. The Morgan fingerprint density at radius 2 is 2.08 bits per heavy atom. The normalized spacial score (nSPS) is 17.5. The summed E-state index contributed by atoms with van der Waals surface area (Å²) in [6, 6.07) is 0.0785. The number of halogens is 2. The van der Waals surface area contributed by atoms with Crippen molar-refractivity contribution in [2.75, 3.05) is 18.4 Å². The molecule has 0 aromatic carbocycles. The quantitative estimate of drug-likeness (QED) is 0.820. The Bertz CT molecular complexity index is 560. The van der Waals surface area contributed by atoms with Crippen molar-refractivity contribution in [3.8, 4) is 0 Å². The van der Waals surface area contributed by atoms with E-state index in [4.69, 9.17) is 5.73 Å². The number of anilines is 1. The Morgan fingerprint density at radius 1 is 1.42 bits per heavy atom. The van der Waals surface area contributed by atoms with Gasteiger partial charge < -0.3 is 16.0 Å². The molecule has 1 aliphatic heterocycles. The van der Waals surface area contributed by atoms with Crippen LogP contribution in [0.15, 0.2) is 5.38 Å². The zero-order chi connectivity index (χ0) is 16.3. The van der Waals surface area contributed by atoms with Crippen LogP contribution in [-0.2, 0) is 16.0 Å². The van der Waals surface area contributed by atoms with Crippen molar-refractivity contribution in [1.82, 2.24) is 9.88 Å². The summed E-state index contributed by atoms with van der Waals surface area (Å²) in [5.41, 5.74) is 6.13. The fourth-order valence-corrected chi connectivity index (χ4v) is 2.94. The second kappa shape index (κ2) is 9.56. The maximum absolute atomic E-state index is 12.3. The van der Waals surface area contributed by atoms with Crippen molar-refractivity contribution in [3.05, 3.63) is 11.1 Å². The summed E-state index contributed by atoms with van der Waals surface area (Å²) in [6.45, 7) is 6.93. The van der Waals surface area contributed by atoms with Gasteiger partial charge in [0.15, 0.2) is 5.13 Å². The summed E-state index contributed by atoms with van der Waals surface area (Å²) in [7, 11) is 0. The molecule has 1 atom stereocenters. The molecule has 2 amide bonds. The molecular weight excluding hydrogens is 371 g/mol. The molecule has 24 heavy (non-hydrogen) atoms. The van der Waals surface area contributed by atoms with Gasteiger partial charge in [0.1, 0.15) is 0 Å². The van der Waals surface area contributed by atoms with Crippen molar-refractivity contribution in [3.63, 3.8) is 0 Å². The molecule has 1 aromatic heterocycles. The number of nitrogens with one attached hydrogen (secondary N) is 1. The number of likely N-dealkylation sites (tertiary alicyclic amines) is 1. The van der Waals surface area contributed by atoms with Gasteiger partial charge in [0.25, 0.3) is 0 Å². The van der Waals surface area contributed by atoms with Gasteiger partial charge in [-0.3, -0.25) is 9.59 Å². The Hall–Kier alpha value is -0.890. The molecule has 9 heteroatoms. The highest BCUT2D eigenvalue weighted by Gasteiger charge is 2.24. The van der Waals surface area contributed by atoms with Gasteiger partial charge in [0, 0.05) is 29.9 Å². The van der Waals surface area contributed by atoms with Crippen molar-refractivity contribution in [2.45, 2.75) is 46.1 Å². The molecule has 0 bridgehead atoms. The van der Waals surface area contributed by atoms with Crippen molar-refractivity contribution in [1.29, 1.82) is 0 Å². The minimum absolute atomic E-state index is 0. The van der Waals surface area contributed by atoms with Crippen LogP contribution in [0.2, 0.25) is 0 Å². The minimum atomic E-state index is -0.467. The van der Waals surface area contributed by atoms with Crippen LogP contribution in [0.4, 0.5) is 5.13 Å². The first kappa shape index (κ1) is 23.1. The molecule has 138 valence electrons. The molecular formula is C15H26Cl2N4O2S. The highest BCUT2D eigenvalue weighted by molar-refractivity contribution is 7.13. The number of rotatable bonds is 3. The first-order valence-electron chi connectivity index (χ1n) is 7.55. The molecule has 1 saturated heterocycles. The number of hydrogen-bond acceptors (Lipinski definition) is 5. The zero-order valence-electron chi connectivity index (χ0n) is 14.2. The fraction of sp³-hybridized carbons (Fsp3) is 0.667. The van der Waals surface area contributed by atoms with E-state index in [9.17, 15) is 9.59 Å². The smallest absolute Gasteiger partial charge is 0.231 e. The Labute approximate surface area is 159 Å². The molecule has 1 aliphatic rings. The van der Waals surface area contributed by atoms with Gasteiger partial charge in [-0.2, -0.15) is 0 Å². The maximum atomic E-state index is 12.3. The van der Waals surface area contributed by atoms with Gasteiger partial charge in [0.2, 0.25) is 11.8 Å². The average Bonchev–Trinajstić information content (AvgIpc) is 2.85. The summed E-state index contributed by atoms with van der Waals surface area (Å²) in [5.74, 6) is -0.0316. The molecule has 2 rings (SSSR count).